The van der Waals surface area contributed by atoms with Crippen molar-refractivity contribution in [3.63, 3.8) is 0 Å². The van der Waals surface area contributed by atoms with Gasteiger partial charge in [0.15, 0.2) is 0 Å². The van der Waals surface area contributed by atoms with Crippen molar-refractivity contribution in [1.29, 1.82) is 0 Å². The van der Waals surface area contributed by atoms with Crippen LogP contribution >= 0.6 is 11.6 Å². The molecule has 0 heterocycles. The molecular formula is C13H14ClNO. The van der Waals surface area contributed by atoms with E-state index in [1.54, 1.807) is 41.3 Å². The van der Waals surface area contributed by atoms with E-state index >= 15 is 0 Å². The molecule has 1 aromatic rings. The van der Waals surface area contributed by atoms with Crippen molar-refractivity contribution in [3.05, 3.63) is 60.2 Å². The third-order valence-electron chi connectivity index (χ3n) is 2.08. The lowest BCUT2D eigenvalue weighted by Gasteiger charge is -2.19. The predicted octanol–water partition coefficient (Wildman–Crippen LogP) is 3.15. The molecule has 0 atom stereocenters. The fraction of sp³-hybridized carbons (Fsp3) is 0.154. The molecule has 0 fully saturated rings. The van der Waals surface area contributed by atoms with Crippen molar-refractivity contribution < 1.29 is 4.79 Å². The Bertz CT molecular complexity index is 373. The molecule has 0 saturated carbocycles. The summed E-state index contributed by atoms with van der Waals surface area (Å²) in [5, 5.41) is 0.621. The van der Waals surface area contributed by atoms with E-state index < -0.39 is 0 Å². The molecular weight excluding hydrogens is 222 g/mol. The zero-order valence-electron chi connectivity index (χ0n) is 9.03. The minimum Gasteiger partial charge on any atom is -0.331 e. The molecule has 16 heavy (non-hydrogen) atoms. The average Bonchev–Trinajstić information content (AvgIpc) is 2.29. The maximum atomic E-state index is 12.0. The Balaban J connectivity index is 2.84. The van der Waals surface area contributed by atoms with Crippen molar-refractivity contribution in [2.45, 2.75) is 0 Å². The first-order valence-electron chi connectivity index (χ1n) is 4.95. The number of carbonyl (C=O) groups is 1. The fourth-order valence-electron chi connectivity index (χ4n) is 1.33. The average molecular weight is 236 g/mol. The second-order valence-electron chi connectivity index (χ2n) is 3.29. The molecule has 0 bridgehead atoms. The van der Waals surface area contributed by atoms with Gasteiger partial charge in [-0.05, 0) is 24.3 Å². The summed E-state index contributed by atoms with van der Waals surface area (Å²) >= 11 is 5.76. The van der Waals surface area contributed by atoms with Crippen LogP contribution in [0.1, 0.15) is 10.4 Å². The van der Waals surface area contributed by atoms with Gasteiger partial charge >= 0.3 is 0 Å². The van der Waals surface area contributed by atoms with Gasteiger partial charge in [-0.25, -0.2) is 0 Å². The third kappa shape index (κ3) is 3.24. The molecule has 0 N–H and O–H groups in total. The molecule has 0 unspecified atom stereocenters. The number of carbonyl (C=O) groups excluding carboxylic acids is 1. The van der Waals surface area contributed by atoms with Crippen LogP contribution in [-0.2, 0) is 0 Å². The van der Waals surface area contributed by atoms with Crippen LogP contribution in [-0.4, -0.2) is 23.9 Å². The minimum atomic E-state index is -0.0449. The number of halogens is 1. The molecule has 0 spiro atoms. The number of nitrogens with zero attached hydrogens (tertiary/aromatic N) is 1. The van der Waals surface area contributed by atoms with E-state index in [9.17, 15) is 4.79 Å². The predicted molar refractivity (Wildman–Crippen MR) is 67.7 cm³/mol. The summed E-state index contributed by atoms with van der Waals surface area (Å²) in [5.41, 5.74) is 0.619. The van der Waals surface area contributed by atoms with Crippen molar-refractivity contribution in [3.8, 4) is 0 Å². The number of hydrogen-bond acceptors (Lipinski definition) is 1. The Kier molecular flexibility index (Phi) is 4.80. The zero-order chi connectivity index (χ0) is 12.0. The standard InChI is InChI=1S/C13H14ClNO/c1-3-9-15(10-4-2)13(16)11-5-7-12(14)8-6-11/h3-8H,1-2,9-10H2. The quantitative estimate of drug-likeness (QED) is 0.718. The smallest absolute Gasteiger partial charge is 0.254 e. The molecule has 0 aliphatic carbocycles. The van der Waals surface area contributed by atoms with E-state index in [1.165, 1.54) is 0 Å². The van der Waals surface area contributed by atoms with Crippen LogP contribution in [0.3, 0.4) is 0 Å². The summed E-state index contributed by atoms with van der Waals surface area (Å²) < 4.78 is 0. The second-order valence-corrected chi connectivity index (χ2v) is 3.73. The molecule has 1 amide bonds. The summed E-state index contributed by atoms with van der Waals surface area (Å²) in [4.78, 5) is 13.7. The fourth-order valence-corrected chi connectivity index (χ4v) is 1.45. The maximum Gasteiger partial charge on any atom is 0.254 e. The maximum absolute atomic E-state index is 12.0. The van der Waals surface area contributed by atoms with Crippen molar-refractivity contribution >= 4 is 17.5 Å². The van der Waals surface area contributed by atoms with Crippen LogP contribution in [0.4, 0.5) is 0 Å². The molecule has 0 aromatic heterocycles. The van der Waals surface area contributed by atoms with Crippen molar-refractivity contribution in [2.24, 2.45) is 0 Å². The summed E-state index contributed by atoms with van der Waals surface area (Å²) in [6.07, 6.45) is 3.38. The van der Waals surface area contributed by atoms with Crippen LogP contribution in [0.25, 0.3) is 0 Å². The van der Waals surface area contributed by atoms with Gasteiger partial charge in [-0.15, -0.1) is 13.2 Å². The van der Waals surface area contributed by atoms with E-state index in [0.29, 0.717) is 23.7 Å². The first kappa shape index (κ1) is 12.5. The van der Waals surface area contributed by atoms with Gasteiger partial charge in [0.1, 0.15) is 0 Å². The number of benzene rings is 1. The lowest BCUT2D eigenvalue weighted by molar-refractivity contribution is 0.0791. The SMILES string of the molecule is C=CCN(CC=C)C(=O)c1ccc(Cl)cc1. The van der Waals surface area contributed by atoms with Gasteiger partial charge in [-0.3, -0.25) is 4.79 Å². The second kappa shape index (κ2) is 6.13. The number of rotatable bonds is 5. The van der Waals surface area contributed by atoms with Crippen LogP contribution in [0, 0.1) is 0 Å². The monoisotopic (exact) mass is 235 g/mol. The van der Waals surface area contributed by atoms with Gasteiger partial charge < -0.3 is 4.90 Å². The normalized spacial score (nSPS) is 9.56. The van der Waals surface area contributed by atoms with Crippen molar-refractivity contribution in [2.75, 3.05) is 13.1 Å². The highest BCUT2D eigenvalue weighted by Gasteiger charge is 2.12. The molecule has 0 aliphatic rings. The van der Waals surface area contributed by atoms with Gasteiger partial charge in [0.2, 0.25) is 0 Å². The largest absolute Gasteiger partial charge is 0.331 e. The topological polar surface area (TPSA) is 20.3 Å². The van der Waals surface area contributed by atoms with Crippen LogP contribution in [0.15, 0.2) is 49.6 Å². The first-order chi connectivity index (χ1) is 7.69. The summed E-state index contributed by atoms with van der Waals surface area (Å²) in [6.45, 7) is 8.26. The molecule has 0 radical (unpaired) electrons. The van der Waals surface area contributed by atoms with Gasteiger partial charge in [0.05, 0.1) is 0 Å². The van der Waals surface area contributed by atoms with Crippen LogP contribution < -0.4 is 0 Å². The molecule has 1 rings (SSSR count). The molecule has 1 aromatic carbocycles. The molecule has 84 valence electrons. The molecule has 0 saturated heterocycles. The van der Waals surface area contributed by atoms with E-state index in [0.717, 1.165) is 0 Å². The molecule has 2 nitrogen and oxygen atoms in total. The van der Waals surface area contributed by atoms with Gasteiger partial charge in [-0.1, -0.05) is 23.8 Å². The highest BCUT2D eigenvalue weighted by atomic mass is 35.5. The molecule has 3 heteroatoms. The van der Waals surface area contributed by atoms with Crippen LogP contribution in [0.5, 0.6) is 0 Å². The highest BCUT2D eigenvalue weighted by molar-refractivity contribution is 6.30. The zero-order valence-corrected chi connectivity index (χ0v) is 9.78. The number of hydrogen-bond donors (Lipinski definition) is 0. The lowest BCUT2D eigenvalue weighted by Crippen LogP contribution is -2.31. The van der Waals surface area contributed by atoms with E-state index in [1.807, 2.05) is 0 Å². The Morgan fingerprint density at radius 1 is 1.19 bits per heavy atom. The Hall–Kier alpha value is -1.54. The van der Waals surface area contributed by atoms with Gasteiger partial charge in [0.25, 0.3) is 5.91 Å². The summed E-state index contributed by atoms with van der Waals surface area (Å²) in [5.74, 6) is -0.0449. The summed E-state index contributed by atoms with van der Waals surface area (Å²) in [6, 6.07) is 6.83. The van der Waals surface area contributed by atoms with Gasteiger partial charge in [-0.2, -0.15) is 0 Å². The Morgan fingerprint density at radius 3 is 2.12 bits per heavy atom. The molecule has 0 aliphatic heterocycles. The number of amides is 1. The van der Waals surface area contributed by atoms with Crippen LogP contribution in [0.2, 0.25) is 5.02 Å². The Labute approximate surface area is 101 Å². The lowest BCUT2D eigenvalue weighted by atomic mass is 10.2. The highest BCUT2D eigenvalue weighted by Crippen LogP contribution is 2.11. The first-order valence-corrected chi connectivity index (χ1v) is 5.33. The minimum absolute atomic E-state index is 0.0449. The van der Waals surface area contributed by atoms with E-state index in [2.05, 4.69) is 13.2 Å². The van der Waals surface area contributed by atoms with Gasteiger partial charge in [0, 0.05) is 23.7 Å². The van der Waals surface area contributed by atoms with E-state index in [4.69, 9.17) is 11.6 Å². The third-order valence-corrected chi connectivity index (χ3v) is 2.33. The summed E-state index contributed by atoms with van der Waals surface area (Å²) in [7, 11) is 0. The Morgan fingerprint density at radius 2 is 1.69 bits per heavy atom. The van der Waals surface area contributed by atoms with E-state index in [-0.39, 0.29) is 5.91 Å². The van der Waals surface area contributed by atoms with Crippen molar-refractivity contribution in [1.82, 2.24) is 4.90 Å².